The highest BCUT2D eigenvalue weighted by molar-refractivity contribution is 7.14. The van der Waals surface area contributed by atoms with Gasteiger partial charge in [0.15, 0.2) is 5.13 Å². The molecule has 2 aromatic carbocycles. The van der Waals surface area contributed by atoms with Crippen molar-refractivity contribution in [3.05, 3.63) is 64.5 Å². The Morgan fingerprint density at radius 1 is 1.10 bits per heavy atom. The maximum absolute atomic E-state index is 12.2. The summed E-state index contributed by atoms with van der Waals surface area (Å²) in [4.78, 5) is 28.8. The van der Waals surface area contributed by atoms with E-state index in [0.29, 0.717) is 35.8 Å². The Hall–Kier alpha value is -3.19. The highest BCUT2D eigenvalue weighted by Crippen LogP contribution is 2.28. The quantitative estimate of drug-likeness (QED) is 0.520. The van der Waals surface area contributed by atoms with E-state index < -0.39 is 0 Å². The Balaban J connectivity index is 1.43. The Kier molecular flexibility index (Phi) is 7.19. The third kappa shape index (κ3) is 5.67. The molecule has 30 heavy (non-hydrogen) atoms. The predicted molar refractivity (Wildman–Crippen MR) is 120 cm³/mol. The van der Waals surface area contributed by atoms with Crippen LogP contribution in [0.15, 0.2) is 47.8 Å². The number of amides is 2. The lowest BCUT2D eigenvalue weighted by Gasteiger charge is -2.06. The Labute approximate surface area is 180 Å². The monoisotopic (exact) mass is 423 g/mol. The first kappa shape index (κ1) is 21.5. The van der Waals surface area contributed by atoms with Gasteiger partial charge >= 0.3 is 0 Å². The molecule has 0 atom stereocenters. The summed E-state index contributed by atoms with van der Waals surface area (Å²) in [6.07, 6.45) is 0.852. The molecular formula is C23H25N3O3S. The number of rotatable bonds is 8. The lowest BCUT2D eigenvalue weighted by atomic mass is 10.0. The summed E-state index contributed by atoms with van der Waals surface area (Å²) in [7, 11) is 1.58. The molecule has 7 heteroatoms. The molecule has 3 rings (SSSR count). The van der Waals surface area contributed by atoms with Crippen LogP contribution in [-0.2, 0) is 4.79 Å². The summed E-state index contributed by atoms with van der Waals surface area (Å²) in [6.45, 7) is 4.53. The number of methoxy groups -OCH3 is 1. The van der Waals surface area contributed by atoms with E-state index in [4.69, 9.17) is 4.74 Å². The van der Waals surface area contributed by atoms with Crippen LogP contribution in [0.1, 0.15) is 34.3 Å². The van der Waals surface area contributed by atoms with E-state index in [0.717, 1.165) is 16.8 Å². The van der Waals surface area contributed by atoms with E-state index >= 15 is 0 Å². The minimum atomic E-state index is -0.170. The fourth-order valence-corrected chi connectivity index (χ4v) is 3.76. The fourth-order valence-electron chi connectivity index (χ4n) is 3.03. The minimum Gasteiger partial charge on any atom is -0.497 e. The molecule has 0 radical (unpaired) electrons. The number of benzene rings is 2. The van der Waals surface area contributed by atoms with Crippen molar-refractivity contribution in [1.82, 2.24) is 10.3 Å². The van der Waals surface area contributed by atoms with E-state index in [1.807, 2.05) is 5.38 Å². The van der Waals surface area contributed by atoms with E-state index in [-0.39, 0.29) is 11.8 Å². The van der Waals surface area contributed by atoms with Gasteiger partial charge in [-0.05, 0) is 50.1 Å². The van der Waals surface area contributed by atoms with Gasteiger partial charge in [0.2, 0.25) is 5.91 Å². The van der Waals surface area contributed by atoms with Gasteiger partial charge < -0.3 is 15.4 Å². The first-order valence-corrected chi connectivity index (χ1v) is 10.6. The number of anilines is 1. The first-order valence-electron chi connectivity index (χ1n) is 9.71. The highest BCUT2D eigenvalue weighted by atomic mass is 32.1. The smallest absolute Gasteiger partial charge is 0.251 e. The average Bonchev–Trinajstić information content (AvgIpc) is 3.19. The van der Waals surface area contributed by atoms with Gasteiger partial charge in [-0.25, -0.2) is 4.98 Å². The summed E-state index contributed by atoms with van der Waals surface area (Å²) in [5.41, 5.74) is 4.85. The number of thiazole rings is 1. The van der Waals surface area contributed by atoms with Gasteiger partial charge in [-0.2, -0.15) is 0 Å². The van der Waals surface area contributed by atoms with Crippen molar-refractivity contribution in [2.75, 3.05) is 19.0 Å². The van der Waals surface area contributed by atoms with E-state index in [1.165, 1.54) is 16.9 Å². The Bertz CT molecular complexity index is 1030. The van der Waals surface area contributed by atoms with Gasteiger partial charge in [-0.3, -0.25) is 9.59 Å². The second-order valence-corrected chi connectivity index (χ2v) is 7.85. The Morgan fingerprint density at radius 2 is 1.87 bits per heavy atom. The maximum atomic E-state index is 12.2. The van der Waals surface area contributed by atoms with Gasteiger partial charge in [0.25, 0.3) is 5.91 Å². The van der Waals surface area contributed by atoms with E-state index in [9.17, 15) is 9.59 Å². The lowest BCUT2D eigenvalue weighted by molar-refractivity contribution is -0.116. The van der Waals surface area contributed by atoms with Crippen molar-refractivity contribution in [3.63, 3.8) is 0 Å². The van der Waals surface area contributed by atoms with Crippen LogP contribution >= 0.6 is 11.3 Å². The second-order valence-electron chi connectivity index (χ2n) is 6.99. The number of nitrogens with one attached hydrogen (secondary N) is 2. The largest absolute Gasteiger partial charge is 0.497 e. The van der Waals surface area contributed by atoms with E-state index in [1.54, 1.807) is 31.4 Å². The highest BCUT2D eigenvalue weighted by Gasteiger charge is 2.10. The number of nitrogens with zero attached hydrogens (tertiary/aromatic N) is 1. The molecule has 156 valence electrons. The molecule has 2 amide bonds. The number of hydrogen-bond acceptors (Lipinski definition) is 5. The molecule has 0 unspecified atom stereocenters. The van der Waals surface area contributed by atoms with Gasteiger partial charge in [-0.1, -0.05) is 23.8 Å². The molecule has 0 saturated carbocycles. The number of ether oxygens (including phenoxy) is 1. The van der Waals surface area contributed by atoms with Gasteiger partial charge in [0.1, 0.15) is 5.75 Å². The summed E-state index contributed by atoms with van der Waals surface area (Å²) in [6, 6.07) is 13.1. The third-order valence-electron chi connectivity index (χ3n) is 4.63. The van der Waals surface area contributed by atoms with Crippen LogP contribution in [0.5, 0.6) is 5.75 Å². The molecule has 0 aliphatic rings. The van der Waals surface area contributed by atoms with Crippen LogP contribution in [0, 0.1) is 13.8 Å². The van der Waals surface area contributed by atoms with Gasteiger partial charge in [0, 0.05) is 29.5 Å². The molecule has 0 saturated heterocycles. The summed E-state index contributed by atoms with van der Waals surface area (Å²) in [5, 5.41) is 8.18. The molecule has 0 aliphatic heterocycles. The van der Waals surface area contributed by atoms with Gasteiger partial charge in [0.05, 0.1) is 12.8 Å². The van der Waals surface area contributed by atoms with Crippen molar-refractivity contribution < 1.29 is 14.3 Å². The zero-order valence-corrected chi connectivity index (χ0v) is 18.1. The molecular weight excluding hydrogens is 398 g/mol. The third-order valence-corrected chi connectivity index (χ3v) is 5.38. The molecule has 3 aromatic rings. The Morgan fingerprint density at radius 3 is 2.57 bits per heavy atom. The molecule has 0 spiro atoms. The summed E-state index contributed by atoms with van der Waals surface area (Å²) < 4.78 is 5.08. The molecule has 0 bridgehead atoms. The number of aryl methyl sites for hydroxylation is 2. The topological polar surface area (TPSA) is 80.3 Å². The average molecular weight is 424 g/mol. The SMILES string of the molecule is COc1ccc(C(=O)NCCCC(=O)Nc2nc(-c3ccc(C)cc3C)cs2)cc1. The predicted octanol–water partition coefficient (Wildman–Crippen LogP) is 4.58. The minimum absolute atomic E-state index is 0.116. The van der Waals surface area contributed by atoms with Crippen LogP contribution in [0.25, 0.3) is 11.3 Å². The number of aromatic nitrogens is 1. The lowest BCUT2D eigenvalue weighted by Crippen LogP contribution is -2.25. The van der Waals surface area contributed by atoms with Crippen LogP contribution in [-0.4, -0.2) is 30.5 Å². The zero-order valence-electron chi connectivity index (χ0n) is 17.3. The van der Waals surface area contributed by atoms with Crippen LogP contribution in [0.2, 0.25) is 0 Å². The van der Waals surface area contributed by atoms with Gasteiger partial charge in [-0.15, -0.1) is 11.3 Å². The molecule has 1 aromatic heterocycles. The van der Waals surface area contributed by atoms with Crippen LogP contribution in [0.4, 0.5) is 5.13 Å². The van der Waals surface area contributed by atoms with E-state index in [2.05, 4.69) is 47.7 Å². The molecule has 1 heterocycles. The van der Waals surface area contributed by atoms with Crippen molar-refractivity contribution in [1.29, 1.82) is 0 Å². The summed E-state index contributed by atoms with van der Waals surface area (Å²) in [5.74, 6) is 0.414. The van der Waals surface area contributed by atoms with Crippen molar-refractivity contribution in [2.24, 2.45) is 0 Å². The molecule has 6 nitrogen and oxygen atoms in total. The van der Waals surface area contributed by atoms with Crippen LogP contribution < -0.4 is 15.4 Å². The van der Waals surface area contributed by atoms with Crippen molar-refractivity contribution in [2.45, 2.75) is 26.7 Å². The fraction of sp³-hybridized carbons (Fsp3) is 0.261. The summed E-state index contributed by atoms with van der Waals surface area (Å²) >= 11 is 1.41. The number of hydrogen-bond donors (Lipinski definition) is 2. The van der Waals surface area contributed by atoms with Crippen molar-refractivity contribution >= 4 is 28.3 Å². The van der Waals surface area contributed by atoms with Crippen molar-refractivity contribution in [3.8, 4) is 17.0 Å². The normalized spacial score (nSPS) is 10.5. The number of carbonyl (C=O) groups is 2. The van der Waals surface area contributed by atoms with Crippen LogP contribution in [0.3, 0.4) is 0 Å². The maximum Gasteiger partial charge on any atom is 0.251 e. The molecule has 2 N–H and O–H groups in total. The zero-order chi connectivity index (χ0) is 21.5. The number of carbonyl (C=O) groups excluding carboxylic acids is 2. The first-order chi connectivity index (χ1) is 14.5. The standard InChI is InChI=1S/C23H25N3O3S/c1-15-6-11-19(16(2)13-15)20-14-30-23(25-20)26-21(27)5-4-12-24-22(28)17-7-9-18(29-3)10-8-17/h6-11,13-14H,4-5,12H2,1-3H3,(H,24,28)(H,25,26,27). The second kappa shape index (κ2) is 10.0. The molecule has 0 aliphatic carbocycles. The molecule has 0 fully saturated rings.